The third-order valence-electron chi connectivity index (χ3n) is 1.96. The minimum Gasteiger partial charge on any atom is -0.410 e. The Morgan fingerprint density at radius 1 is 1.56 bits per heavy atom. The first-order valence-corrected chi connectivity index (χ1v) is 4.97. The van der Waals surface area contributed by atoms with E-state index in [1.165, 1.54) is 6.20 Å². The van der Waals surface area contributed by atoms with E-state index >= 15 is 0 Å². The molecule has 0 aliphatic heterocycles. The van der Waals surface area contributed by atoms with Crippen molar-refractivity contribution in [2.45, 2.75) is 0 Å². The monoisotopic (exact) mass is 244 g/mol. The van der Waals surface area contributed by atoms with Crippen LogP contribution in [-0.4, -0.2) is 47.7 Å². The highest BCUT2D eigenvalue weighted by Crippen LogP contribution is 2.08. The van der Waals surface area contributed by atoms with E-state index in [0.29, 0.717) is 24.7 Å². The lowest BCUT2D eigenvalue weighted by Crippen LogP contribution is -2.23. The molecule has 1 N–H and O–H groups in total. The van der Waals surface area contributed by atoms with Crippen molar-refractivity contribution in [1.29, 1.82) is 0 Å². The van der Waals surface area contributed by atoms with Crippen LogP contribution >= 0.6 is 11.6 Å². The fourth-order valence-electron chi connectivity index (χ4n) is 1.02. The molecule has 0 aliphatic carbocycles. The summed E-state index contributed by atoms with van der Waals surface area (Å²) in [5.41, 5.74) is 0.327. The molecule has 0 aromatic carbocycles. The number of hydrogen-bond donors (Lipinski definition) is 1. The number of hydrogen-bond acceptors (Lipinski definition) is 6. The Morgan fingerprint density at radius 2 is 2.31 bits per heavy atom. The van der Waals surface area contributed by atoms with E-state index in [1.54, 1.807) is 13.3 Å². The second kappa shape index (κ2) is 6.24. The molecule has 0 atom stereocenters. The van der Waals surface area contributed by atoms with E-state index in [1.807, 2.05) is 11.9 Å². The van der Waals surface area contributed by atoms with Gasteiger partial charge in [-0.25, -0.2) is 9.97 Å². The Morgan fingerprint density at radius 3 is 2.81 bits per heavy atom. The summed E-state index contributed by atoms with van der Waals surface area (Å²) >= 11 is 5.57. The van der Waals surface area contributed by atoms with Gasteiger partial charge in [0.05, 0.1) is 19.0 Å². The summed E-state index contributed by atoms with van der Waals surface area (Å²) < 4.78 is 4.95. The van der Waals surface area contributed by atoms with Crippen molar-refractivity contribution in [3.8, 4) is 0 Å². The smallest absolute Gasteiger partial charge is 0.195 e. The Balaban J connectivity index is 2.71. The SMILES string of the molecule is COCCN(C)c1cnc(/C(Cl)=N\O)cn1. The number of halogens is 1. The van der Waals surface area contributed by atoms with Gasteiger partial charge in [0.2, 0.25) is 0 Å². The topological polar surface area (TPSA) is 70.8 Å². The first-order valence-electron chi connectivity index (χ1n) is 4.59. The molecule has 0 saturated carbocycles. The van der Waals surface area contributed by atoms with E-state index in [2.05, 4.69) is 15.1 Å². The van der Waals surface area contributed by atoms with Crippen molar-refractivity contribution >= 4 is 22.6 Å². The molecule has 6 nitrogen and oxygen atoms in total. The second-order valence-corrected chi connectivity index (χ2v) is 3.42. The highest BCUT2D eigenvalue weighted by Gasteiger charge is 2.06. The minimum atomic E-state index is -0.0846. The number of nitrogens with zero attached hydrogens (tertiary/aromatic N) is 4. The van der Waals surface area contributed by atoms with Crippen LogP contribution in [0.5, 0.6) is 0 Å². The quantitative estimate of drug-likeness (QED) is 0.474. The molecule has 1 rings (SSSR count). The van der Waals surface area contributed by atoms with E-state index in [4.69, 9.17) is 21.5 Å². The molecule has 1 aromatic heterocycles. The normalized spacial score (nSPS) is 11.6. The molecule has 16 heavy (non-hydrogen) atoms. The van der Waals surface area contributed by atoms with Crippen molar-refractivity contribution in [3.05, 3.63) is 18.1 Å². The van der Waals surface area contributed by atoms with Crippen molar-refractivity contribution in [2.75, 3.05) is 32.2 Å². The van der Waals surface area contributed by atoms with Crippen LogP contribution in [0, 0.1) is 0 Å². The minimum absolute atomic E-state index is 0.0846. The summed E-state index contributed by atoms with van der Waals surface area (Å²) in [4.78, 5) is 10.0. The Hall–Kier alpha value is -1.40. The van der Waals surface area contributed by atoms with Gasteiger partial charge in [-0.15, -0.1) is 0 Å². The number of anilines is 1. The predicted molar refractivity (Wildman–Crippen MR) is 61.4 cm³/mol. The number of rotatable bonds is 5. The Labute approximate surface area is 98.5 Å². The lowest BCUT2D eigenvalue weighted by molar-refractivity contribution is 0.206. The summed E-state index contributed by atoms with van der Waals surface area (Å²) in [5.74, 6) is 0.697. The van der Waals surface area contributed by atoms with Crippen LogP contribution < -0.4 is 4.90 Å². The van der Waals surface area contributed by atoms with Gasteiger partial charge in [-0.1, -0.05) is 16.8 Å². The number of likely N-dealkylation sites (N-methyl/N-ethyl adjacent to an activating group) is 1. The first kappa shape index (κ1) is 12.7. The third-order valence-corrected chi connectivity index (χ3v) is 2.23. The van der Waals surface area contributed by atoms with Crippen LogP contribution in [0.1, 0.15) is 5.69 Å². The van der Waals surface area contributed by atoms with Gasteiger partial charge in [-0.05, 0) is 0 Å². The fourth-order valence-corrected chi connectivity index (χ4v) is 1.12. The van der Waals surface area contributed by atoms with E-state index in [9.17, 15) is 0 Å². The zero-order valence-corrected chi connectivity index (χ0v) is 9.85. The van der Waals surface area contributed by atoms with Crippen molar-refractivity contribution in [1.82, 2.24) is 9.97 Å². The second-order valence-electron chi connectivity index (χ2n) is 3.07. The van der Waals surface area contributed by atoms with Crippen LogP contribution in [-0.2, 0) is 4.74 Å². The number of methoxy groups -OCH3 is 1. The highest BCUT2D eigenvalue weighted by molar-refractivity contribution is 6.69. The van der Waals surface area contributed by atoms with E-state index in [-0.39, 0.29) is 5.17 Å². The molecule has 0 amide bonds. The van der Waals surface area contributed by atoms with Crippen LogP contribution in [0.25, 0.3) is 0 Å². The molecule has 0 spiro atoms. The van der Waals surface area contributed by atoms with E-state index in [0.717, 1.165) is 0 Å². The Bertz CT molecular complexity index is 355. The van der Waals surface area contributed by atoms with Crippen LogP contribution in [0.4, 0.5) is 5.82 Å². The van der Waals surface area contributed by atoms with Crippen molar-refractivity contribution in [2.24, 2.45) is 5.16 Å². The highest BCUT2D eigenvalue weighted by atomic mass is 35.5. The maximum absolute atomic E-state index is 8.44. The largest absolute Gasteiger partial charge is 0.410 e. The Kier molecular flexibility index (Phi) is 4.94. The lowest BCUT2D eigenvalue weighted by Gasteiger charge is -2.16. The maximum Gasteiger partial charge on any atom is 0.195 e. The third kappa shape index (κ3) is 3.32. The van der Waals surface area contributed by atoms with Gasteiger partial charge in [-0.2, -0.15) is 0 Å². The van der Waals surface area contributed by atoms with Gasteiger partial charge in [0, 0.05) is 20.7 Å². The summed E-state index contributed by atoms with van der Waals surface area (Å²) in [6, 6.07) is 0. The fraction of sp³-hybridized carbons (Fsp3) is 0.444. The molecule has 0 fully saturated rings. The van der Waals surface area contributed by atoms with Crippen LogP contribution in [0.3, 0.4) is 0 Å². The summed E-state index contributed by atoms with van der Waals surface area (Å²) in [6.07, 6.45) is 3.00. The summed E-state index contributed by atoms with van der Waals surface area (Å²) in [6.45, 7) is 1.32. The van der Waals surface area contributed by atoms with Gasteiger partial charge in [0.15, 0.2) is 5.17 Å². The molecule has 0 unspecified atom stereocenters. The molecular weight excluding hydrogens is 232 g/mol. The van der Waals surface area contributed by atoms with E-state index < -0.39 is 0 Å². The van der Waals surface area contributed by atoms with Gasteiger partial charge >= 0.3 is 0 Å². The number of aromatic nitrogens is 2. The van der Waals surface area contributed by atoms with Crippen molar-refractivity contribution < 1.29 is 9.94 Å². The molecule has 1 aromatic rings. The van der Waals surface area contributed by atoms with Gasteiger partial charge in [0.1, 0.15) is 11.5 Å². The molecule has 0 radical (unpaired) electrons. The molecule has 88 valence electrons. The summed E-state index contributed by atoms with van der Waals surface area (Å²) in [7, 11) is 3.52. The molecule has 7 heteroatoms. The first-order chi connectivity index (χ1) is 7.69. The average molecular weight is 245 g/mol. The van der Waals surface area contributed by atoms with Crippen molar-refractivity contribution in [3.63, 3.8) is 0 Å². The zero-order chi connectivity index (χ0) is 12.0. The molecular formula is C9H13ClN4O2. The number of ether oxygens (including phenoxy) is 1. The van der Waals surface area contributed by atoms with Gasteiger partial charge in [-0.3, -0.25) is 0 Å². The lowest BCUT2D eigenvalue weighted by atomic mass is 10.4. The van der Waals surface area contributed by atoms with Crippen LogP contribution in [0.15, 0.2) is 17.5 Å². The van der Waals surface area contributed by atoms with Gasteiger partial charge < -0.3 is 14.8 Å². The molecule has 0 bridgehead atoms. The standard InChI is InChI=1S/C9H13ClN4O2/c1-14(3-4-16-2)8-6-11-7(5-12-8)9(10)13-15/h5-6,15H,3-4H2,1-2H3/b13-9+. The average Bonchev–Trinajstić information content (AvgIpc) is 2.35. The predicted octanol–water partition coefficient (Wildman–Crippen LogP) is 0.934. The summed E-state index contributed by atoms with van der Waals surface area (Å²) in [5, 5.41) is 11.2. The number of oxime groups is 1. The molecule has 0 aliphatic rings. The van der Waals surface area contributed by atoms with Crippen LogP contribution in [0.2, 0.25) is 0 Å². The molecule has 0 saturated heterocycles. The maximum atomic E-state index is 8.44. The van der Waals surface area contributed by atoms with Gasteiger partial charge in [0.25, 0.3) is 0 Å². The zero-order valence-electron chi connectivity index (χ0n) is 9.09. The molecule has 1 heterocycles.